The molecule has 0 aliphatic heterocycles. The summed E-state index contributed by atoms with van der Waals surface area (Å²) in [7, 11) is 0. The van der Waals surface area contributed by atoms with Crippen molar-refractivity contribution in [3.05, 3.63) is 35.9 Å². The van der Waals surface area contributed by atoms with Gasteiger partial charge in [-0.05, 0) is 31.4 Å². The van der Waals surface area contributed by atoms with Crippen molar-refractivity contribution >= 4 is 6.09 Å². The third-order valence-electron chi connectivity index (χ3n) is 2.64. The third kappa shape index (κ3) is 5.36. The standard InChI is InChI=1S/C13H20N2O2/c14-9-5-11-15(13(16)17)10-4-8-12-6-2-1-3-7-12/h1-3,6-7H,4-5,8-11,14H2,(H,16,17). The molecule has 0 aromatic heterocycles. The van der Waals surface area contributed by atoms with Crippen LogP contribution in [-0.4, -0.2) is 35.7 Å². The van der Waals surface area contributed by atoms with Gasteiger partial charge < -0.3 is 15.7 Å². The van der Waals surface area contributed by atoms with Crippen LogP contribution in [0.1, 0.15) is 18.4 Å². The van der Waals surface area contributed by atoms with Crippen molar-refractivity contribution in [1.29, 1.82) is 0 Å². The summed E-state index contributed by atoms with van der Waals surface area (Å²) in [5.74, 6) is 0. The molecule has 94 valence electrons. The van der Waals surface area contributed by atoms with E-state index < -0.39 is 6.09 Å². The molecule has 1 amide bonds. The normalized spacial score (nSPS) is 10.2. The summed E-state index contributed by atoms with van der Waals surface area (Å²) >= 11 is 0. The van der Waals surface area contributed by atoms with Crippen molar-refractivity contribution in [2.45, 2.75) is 19.3 Å². The van der Waals surface area contributed by atoms with E-state index in [9.17, 15) is 4.79 Å². The lowest BCUT2D eigenvalue weighted by Gasteiger charge is -2.18. The fourth-order valence-corrected chi connectivity index (χ4v) is 1.70. The lowest BCUT2D eigenvalue weighted by molar-refractivity contribution is 0.144. The van der Waals surface area contributed by atoms with Crippen molar-refractivity contribution in [3.8, 4) is 0 Å². The van der Waals surface area contributed by atoms with Crippen LogP contribution in [-0.2, 0) is 6.42 Å². The molecule has 0 unspecified atom stereocenters. The van der Waals surface area contributed by atoms with E-state index in [0.29, 0.717) is 19.6 Å². The number of nitrogens with zero attached hydrogens (tertiary/aromatic N) is 1. The van der Waals surface area contributed by atoms with E-state index >= 15 is 0 Å². The number of benzene rings is 1. The topological polar surface area (TPSA) is 66.6 Å². The lowest BCUT2D eigenvalue weighted by atomic mass is 10.1. The molecule has 0 aliphatic rings. The van der Waals surface area contributed by atoms with Gasteiger partial charge in [-0.3, -0.25) is 0 Å². The summed E-state index contributed by atoms with van der Waals surface area (Å²) in [5, 5.41) is 8.98. The number of amides is 1. The minimum atomic E-state index is -0.855. The highest BCUT2D eigenvalue weighted by Crippen LogP contribution is 2.04. The van der Waals surface area contributed by atoms with Gasteiger partial charge in [0.15, 0.2) is 0 Å². The van der Waals surface area contributed by atoms with E-state index in [4.69, 9.17) is 10.8 Å². The van der Waals surface area contributed by atoms with Gasteiger partial charge in [0, 0.05) is 13.1 Å². The molecule has 0 saturated carbocycles. The fraction of sp³-hybridized carbons (Fsp3) is 0.462. The second-order valence-electron chi connectivity index (χ2n) is 4.00. The van der Waals surface area contributed by atoms with E-state index in [1.165, 1.54) is 10.5 Å². The molecule has 0 bridgehead atoms. The third-order valence-corrected chi connectivity index (χ3v) is 2.64. The summed E-state index contributed by atoms with van der Waals surface area (Å²) in [6, 6.07) is 10.1. The fourth-order valence-electron chi connectivity index (χ4n) is 1.70. The number of nitrogens with two attached hydrogens (primary N) is 1. The van der Waals surface area contributed by atoms with Gasteiger partial charge in [0.1, 0.15) is 0 Å². The summed E-state index contributed by atoms with van der Waals surface area (Å²) in [5.41, 5.74) is 6.62. The zero-order valence-corrected chi connectivity index (χ0v) is 10.0. The number of carboxylic acid groups (broad SMARTS) is 1. The minimum Gasteiger partial charge on any atom is -0.465 e. The Bertz CT molecular complexity index is 327. The Morgan fingerprint density at radius 2 is 1.82 bits per heavy atom. The SMILES string of the molecule is NCCCN(CCCc1ccccc1)C(=O)O. The first-order valence-corrected chi connectivity index (χ1v) is 5.96. The molecular formula is C13H20N2O2. The maximum Gasteiger partial charge on any atom is 0.407 e. The molecule has 0 radical (unpaired) electrons. The molecule has 4 nitrogen and oxygen atoms in total. The molecule has 0 saturated heterocycles. The maximum absolute atomic E-state index is 10.9. The largest absolute Gasteiger partial charge is 0.465 e. The average Bonchev–Trinajstić information content (AvgIpc) is 2.34. The van der Waals surface area contributed by atoms with Crippen LogP contribution in [0.4, 0.5) is 4.79 Å². The van der Waals surface area contributed by atoms with Crippen molar-refractivity contribution in [1.82, 2.24) is 4.90 Å². The summed E-state index contributed by atoms with van der Waals surface area (Å²) in [6.07, 6.45) is 1.62. The number of aryl methyl sites for hydroxylation is 1. The zero-order chi connectivity index (χ0) is 12.5. The van der Waals surface area contributed by atoms with Crippen LogP contribution in [0.2, 0.25) is 0 Å². The zero-order valence-electron chi connectivity index (χ0n) is 10.0. The van der Waals surface area contributed by atoms with Crippen LogP contribution >= 0.6 is 0 Å². The Morgan fingerprint density at radius 3 is 2.41 bits per heavy atom. The Labute approximate surface area is 102 Å². The quantitative estimate of drug-likeness (QED) is 0.760. The van der Waals surface area contributed by atoms with Crippen molar-refractivity contribution in [3.63, 3.8) is 0 Å². The van der Waals surface area contributed by atoms with Crippen LogP contribution in [0, 0.1) is 0 Å². The van der Waals surface area contributed by atoms with Crippen LogP contribution in [0.15, 0.2) is 30.3 Å². The Kier molecular flexibility index (Phi) is 6.10. The molecule has 1 aromatic carbocycles. The molecule has 17 heavy (non-hydrogen) atoms. The van der Waals surface area contributed by atoms with Gasteiger partial charge in [0.25, 0.3) is 0 Å². The van der Waals surface area contributed by atoms with Crippen LogP contribution in [0.3, 0.4) is 0 Å². The molecule has 0 aliphatic carbocycles. The van der Waals surface area contributed by atoms with E-state index in [1.54, 1.807) is 0 Å². The molecule has 1 aromatic rings. The Hall–Kier alpha value is -1.55. The Morgan fingerprint density at radius 1 is 1.18 bits per heavy atom. The molecule has 1 rings (SSSR count). The highest BCUT2D eigenvalue weighted by Gasteiger charge is 2.09. The van der Waals surface area contributed by atoms with Crippen molar-refractivity contribution < 1.29 is 9.90 Å². The number of hydrogen-bond donors (Lipinski definition) is 2. The van der Waals surface area contributed by atoms with Gasteiger partial charge >= 0.3 is 6.09 Å². The Balaban J connectivity index is 2.29. The van der Waals surface area contributed by atoms with Gasteiger partial charge in [-0.25, -0.2) is 4.79 Å². The smallest absolute Gasteiger partial charge is 0.407 e. The highest BCUT2D eigenvalue weighted by atomic mass is 16.4. The van der Waals surface area contributed by atoms with Crippen molar-refractivity contribution in [2.24, 2.45) is 5.73 Å². The van der Waals surface area contributed by atoms with Gasteiger partial charge in [-0.2, -0.15) is 0 Å². The predicted octanol–water partition coefficient (Wildman–Crippen LogP) is 1.95. The van der Waals surface area contributed by atoms with Crippen LogP contribution < -0.4 is 5.73 Å². The van der Waals surface area contributed by atoms with Gasteiger partial charge in [0.2, 0.25) is 0 Å². The first-order chi connectivity index (χ1) is 8.24. The lowest BCUT2D eigenvalue weighted by Crippen LogP contribution is -2.32. The average molecular weight is 236 g/mol. The van der Waals surface area contributed by atoms with E-state index in [0.717, 1.165) is 19.3 Å². The second kappa shape index (κ2) is 7.68. The summed E-state index contributed by atoms with van der Waals surface area (Å²) < 4.78 is 0. The van der Waals surface area contributed by atoms with Gasteiger partial charge in [-0.1, -0.05) is 30.3 Å². The van der Waals surface area contributed by atoms with E-state index in [2.05, 4.69) is 12.1 Å². The predicted molar refractivity (Wildman–Crippen MR) is 68.0 cm³/mol. The van der Waals surface area contributed by atoms with Gasteiger partial charge in [0.05, 0.1) is 0 Å². The second-order valence-corrected chi connectivity index (χ2v) is 4.00. The number of rotatable bonds is 7. The molecule has 0 fully saturated rings. The first kappa shape index (κ1) is 13.5. The number of hydrogen-bond acceptors (Lipinski definition) is 2. The van der Waals surface area contributed by atoms with E-state index in [1.807, 2.05) is 18.2 Å². The van der Waals surface area contributed by atoms with Crippen LogP contribution in [0.25, 0.3) is 0 Å². The van der Waals surface area contributed by atoms with Crippen molar-refractivity contribution in [2.75, 3.05) is 19.6 Å². The molecule has 0 heterocycles. The molecule has 0 spiro atoms. The van der Waals surface area contributed by atoms with Gasteiger partial charge in [-0.15, -0.1) is 0 Å². The first-order valence-electron chi connectivity index (χ1n) is 5.96. The molecule has 0 atom stereocenters. The molecule has 4 heteroatoms. The molecular weight excluding hydrogens is 216 g/mol. The summed E-state index contributed by atoms with van der Waals surface area (Å²) in [6.45, 7) is 1.63. The van der Waals surface area contributed by atoms with Crippen LogP contribution in [0.5, 0.6) is 0 Å². The number of carbonyl (C=O) groups is 1. The minimum absolute atomic E-state index is 0.528. The highest BCUT2D eigenvalue weighted by molar-refractivity contribution is 5.64. The maximum atomic E-state index is 10.9. The summed E-state index contributed by atoms with van der Waals surface area (Å²) in [4.78, 5) is 12.4. The molecule has 3 N–H and O–H groups in total. The van der Waals surface area contributed by atoms with E-state index in [-0.39, 0.29) is 0 Å². The monoisotopic (exact) mass is 236 g/mol.